The van der Waals surface area contributed by atoms with Crippen molar-refractivity contribution >= 4 is 51.1 Å². The second-order valence-corrected chi connectivity index (χ2v) is 13.9. The summed E-state index contributed by atoms with van der Waals surface area (Å²) in [5.41, 5.74) is 2.95. The van der Waals surface area contributed by atoms with Gasteiger partial charge in [0.1, 0.15) is 5.52 Å². The van der Waals surface area contributed by atoms with E-state index in [4.69, 9.17) is 32.7 Å². The van der Waals surface area contributed by atoms with Gasteiger partial charge in [0, 0.05) is 57.7 Å². The molecule has 2 aromatic heterocycles. The van der Waals surface area contributed by atoms with Crippen LogP contribution >= 0.6 is 23.2 Å². The maximum atomic E-state index is 16.5. The molecule has 4 atom stereocenters. The zero-order chi connectivity index (χ0) is 33.9. The number of ether oxygens (including phenoxy) is 2. The van der Waals surface area contributed by atoms with Crippen molar-refractivity contribution in [3.8, 4) is 17.2 Å². The summed E-state index contributed by atoms with van der Waals surface area (Å²) >= 11 is 12.7. The molecule has 5 fully saturated rings. The number of methoxy groups -OCH3 is 1. The summed E-state index contributed by atoms with van der Waals surface area (Å²) in [6.45, 7) is 0.123. The highest BCUT2D eigenvalue weighted by Crippen LogP contribution is 2.52. The molecular weight excluding hydrogens is 666 g/mol. The Balaban J connectivity index is 0.000000540. The van der Waals surface area contributed by atoms with Gasteiger partial charge in [-0.2, -0.15) is 14.0 Å². The van der Waals surface area contributed by atoms with E-state index < -0.39 is 36.6 Å². The third kappa shape index (κ3) is 5.66. The predicted octanol–water partition coefficient (Wildman–Crippen LogP) is 8.47. The SMILES string of the molecule is C1NC2CC1C2.COC(=O)N1C2CC(OC(F)F)C(C2)C1c1cc2c(C)nc3c(F)c(-c4cccc(Cl)c4Cl)c(CCC#N)cc3c2[nH]1. The van der Waals surface area contributed by atoms with Gasteiger partial charge < -0.3 is 19.8 Å². The van der Waals surface area contributed by atoms with Crippen LogP contribution in [0.15, 0.2) is 30.3 Å². The van der Waals surface area contributed by atoms with Crippen LogP contribution in [-0.4, -0.2) is 59.4 Å². The van der Waals surface area contributed by atoms with E-state index in [1.807, 2.05) is 6.07 Å². The topological polar surface area (TPSA) is 103 Å². The highest BCUT2D eigenvalue weighted by molar-refractivity contribution is 6.43. The number of nitriles is 1. The first-order chi connectivity index (χ1) is 23.1. The van der Waals surface area contributed by atoms with E-state index in [9.17, 15) is 18.8 Å². The molecule has 3 aliphatic heterocycles. The Morgan fingerprint density at radius 3 is 2.62 bits per heavy atom. The molecule has 3 saturated heterocycles. The smallest absolute Gasteiger partial charge is 0.410 e. The monoisotopic (exact) mass is 699 g/mol. The van der Waals surface area contributed by atoms with Gasteiger partial charge in [0.25, 0.3) is 0 Å². The van der Waals surface area contributed by atoms with E-state index in [2.05, 4.69) is 21.4 Å². The van der Waals surface area contributed by atoms with Gasteiger partial charge in [-0.1, -0.05) is 35.3 Å². The molecule has 1 amide bonds. The zero-order valence-corrected chi connectivity index (χ0v) is 27.8. The van der Waals surface area contributed by atoms with E-state index >= 15 is 4.39 Å². The standard InChI is InChI=1S/C30H25Cl2F3N4O3.C5H9N/c1-13-17-12-21(28-18-10-15(39(28)30(40)41-2)11-22(18)42-29(34)35)38-26(17)19-9-14(5-4-8-36)23(25(33)27(19)37-13)16-6-3-7-20(31)24(16)32;1-4-2-5(1)6-3-4/h3,6-7,9,12,15,18,22,28-29,38H,4-5,10-11H2,1-2H3;4-6H,1-3H2. The van der Waals surface area contributed by atoms with Crippen LogP contribution in [0.5, 0.6) is 0 Å². The number of alkyl halides is 2. The molecule has 252 valence electrons. The molecule has 0 spiro atoms. The number of H-pyrrole nitrogens is 1. The fraction of sp³-hybridized carbons (Fsp3) is 0.457. The Kier molecular flexibility index (Phi) is 8.96. The second-order valence-electron chi connectivity index (χ2n) is 13.1. The van der Waals surface area contributed by atoms with Crippen LogP contribution in [0.2, 0.25) is 10.0 Å². The van der Waals surface area contributed by atoms with Gasteiger partial charge in [-0.15, -0.1) is 0 Å². The van der Waals surface area contributed by atoms with Crippen molar-refractivity contribution < 1.29 is 27.4 Å². The third-order valence-corrected chi connectivity index (χ3v) is 11.2. The van der Waals surface area contributed by atoms with Gasteiger partial charge >= 0.3 is 12.7 Å². The maximum absolute atomic E-state index is 16.5. The zero-order valence-electron chi connectivity index (χ0n) is 26.3. The number of aromatic amines is 1. The lowest BCUT2D eigenvalue weighted by Gasteiger charge is -2.37. The van der Waals surface area contributed by atoms with Crippen LogP contribution in [0, 0.1) is 35.9 Å². The minimum Gasteiger partial charge on any atom is -0.453 e. The molecule has 4 bridgehead atoms. The first-order valence-electron chi connectivity index (χ1n) is 16.1. The Bertz CT molecular complexity index is 1930. The van der Waals surface area contributed by atoms with Gasteiger partial charge in [-0.3, -0.25) is 4.90 Å². The summed E-state index contributed by atoms with van der Waals surface area (Å²) in [6, 6.07) is 10.7. The van der Waals surface area contributed by atoms with Crippen molar-refractivity contribution in [2.75, 3.05) is 13.7 Å². The van der Waals surface area contributed by atoms with Crippen molar-refractivity contribution in [1.29, 1.82) is 5.26 Å². The maximum Gasteiger partial charge on any atom is 0.410 e. The number of nitrogens with zero attached hydrogens (tertiary/aromatic N) is 3. The molecule has 4 aromatic rings. The fourth-order valence-electron chi connectivity index (χ4n) is 8.17. The van der Waals surface area contributed by atoms with Crippen molar-refractivity contribution in [3.05, 3.63) is 63.1 Å². The fourth-order valence-corrected chi connectivity index (χ4v) is 8.56. The molecule has 2 aromatic carbocycles. The number of pyridine rings is 1. The molecule has 0 radical (unpaired) electrons. The minimum absolute atomic E-state index is 0.0943. The Morgan fingerprint density at radius 2 is 1.98 bits per heavy atom. The quantitative estimate of drug-likeness (QED) is 0.209. The third-order valence-electron chi connectivity index (χ3n) is 10.4. The number of likely N-dealkylation sites (tertiary alicyclic amines) is 1. The number of carbonyl (C=O) groups excluding carboxylic acids is 1. The second kappa shape index (κ2) is 13.0. The normalized spacial score (nSPS) is 25.4. The number of piperidine rings is 1. The summed E-state index contributed by atoms with van der Waals surface area (Å²) < 4.78 is 52.9. The summed E-state index contributed by atoms with van der Waals surface area (Å²) in [7, 11) is 1.28. The number of benzene rings is 2. The van der Waals surface area contributed by atoms with Crippen LogP contribution in [-0.2, 0) is 15.9 Å². The summed E-state index contributed by atoms with van der Waals surface area (Å²) in [5, 5.41) is 14.3. The van der Waals surface area contributed by atoms with Crippen LogP contribution < -0.4 is 5.32 Å². The van der Waals surface area contributed by atoms with E-state index in [-0.39, 0.29) is 46.4 Å². The van der Waals surface area contributed by atoms with E-state index in [1.165, 1.54) is 26.5 Å². The molecule has 8 nitrogen and oxygen atoms in total. The molecular formula is C35H34Cl2F3N5O3. The number of rotatable bonds is 6. The summed E-state index contributed by atoms with van der Waals surface area (Å²) in [4.78, 5) is 22.4. The van der Waals surface area contributed by atoms with E-state index in [0.29, 0.717) is 45.2 Å². The average Bonchev–Trinajstić information content (AvgIpc) is 3.88. The van der Waals surface area contributed by atoms with Crippen LogP contribution in [0.4, 0.5) is 18.0 Å². The molecule has 13 heteroatoms. The first kappa shape index (κ1) is 33.0. The van der Waals surface area contributed by atoms with Gasteiger partial charge in [-0.25, -0.2) is 14.2 Å². The van der Waals surface area contributed by atoms with Crippen molar-refractivity contribution in [1.82, 2.24) is 20.2 Å². The van der Waals surface area contributed by atoms with E-state index in [0.717, 1.165) is 12.0 Å². The average molecular weight is 701 g/mol. The molecule has 4 unspecified atom stereocenters. The predicted molar refractivity (Wildman–Crippen MR) is 177 cm³/mol. The van der Waals surface area contributed by atoms with Gasteiger partial charge in [0.15, 0.2) is 5.82 Å². The molecule has 2 N–H and O–H groups in total. The van der Waals surface area contributed by atoms with Crippen LogP contribution in [0.1, 0.15) is 55.1 Å². The summed E-state index contributed by atoms with van der Waals surface area (Å²) in [5.74, 6) is 0.0810. The van der Waals surface area contributed by atoms with Gasteiger partial charge in [0.05, 0.1) is 40.9 Å². The molecule has 2 aliphatic carbocycles. The van der Waals surface area contributed by atoms with Crippen LogP contribution in [0.3, 0.4) is 0 Å². The number of hydrogen-bond donors (Lipinski definition) is 2. The van der Waals surface area contributed by atoms with Gasteiger partial charge in [0.2, 0.25) is 0 Å². The number of halogens is 5. The van der Waals surface area contributed by atoms with Gasteiger partial charge in [-0.05, 0) is 75.3 Å². The lowest BCUT2D eigenvalue weighted by molar-refractivity contribution is -0.181. The first-order valence-corrected chi connectivity index (χ1v) is 16.8. The van der Waals surface area contributed by atoms with Crippen LogP contribution in [0.25, 0.3) is 32.9 Å². The van der Waals surface area contributed by atoms with Crippen molar-refractivity contribution in [2.24, 2.45) is 11.8 Å². The number of carbonyl (C=O) groups is 1. The molecule has 5 heterocycles. The number of aromatic nitrogens is 2. The summed E-state index contributed by atoms with van der Waals surface area (Å²) in [6.07, 6.45) is 2.81. The number of amides is 1. The lowest BCUT2D eigenvalue weighted by atomic mass is 9.87. The van der Waals surface area contributed by atoms with Crippen molar-refractivity contribution in [3.63, 3.8) is 0 Å². The Hall–Kier alpha value is -3.56. The highest BCUT2D eigenvalue weighted by atomic mass is 35.5. The number of aryl methyl sites for hydroxylation is 2. The molecule has 9 rings (SSSR count). The van der Waals surface area contributed by atoms with Crippen molar-refractivity contribution in [2.45, 2.75) is 76.3 Å². The number of hydrogen-bond acceptors (Lipinski definition) is 6. The molecule has 2 saturated carbocycles. The lowest BCUT2D eigenvalue weighted by Crippen LogP contribution is -2.45. The number of fused-ring (bicyclic) bond motifs is 6. The largest absolute Gasteiger partial charge is 0.453 e. The number of nitrogens with one attached hydrogen (secondary N) is 2. The highest BCUT2D eigenvalue weighted by Gasteiger charge is 2.56. The Morgan fingerprint density at radius 1 is 1.19 bits per heavy atom. The molecule has 5 aliphatic rings. The Labute approximate surface area is 285 Å². The molecule has 48 heavy (non-hydrogen) atoms. The van der Waals surface area contributed by atoms with E-state index in [1.54, 1.807) is 36.1 Å². The minimum atomic E-state index is -2.93.